The summed E-state index contributed by atoms with van der Waals surface area (Å²) < 4.78 is 10.3. The highest BCUT2D eigenvalue weighted by Crippen LogP contribution is 2.34. The van der Waals surface area contributed by atoms with Gasteiger partial charge in [0.2, 0.25) is 0 Å². The number of hydrogen-bond donors (Lipinski definition) is 0. The van der Waals surface area contributed by atoms with E-state index < -0.39 is 5.41 Å². The Labute approximate surface area is 131 Å². The fourth-order valence-electron chi connectivity index (χ4n) is 2.91. The molecular weight excluding hydrogens is 282 g/mol. The zero-order chi connectivity index (χ0) is 16.0. The van der Waals surface area contributed by atoms with Crippen LogP contribution < -0.4 is 0 Å². The summed E-state index contributed by atoms with van der Waals surface area (Å²) in [4.78, 5) is 25.9. The molecule has 1 aliphatic rings. The largest absolute Gasteiger partial charge is 0.469 e. The maximum Gasteiger partial charge on any atom is 0.410 e. The van der Waals surface area contributed by atoms with Crippen molar-refractivity contribution in [3.63, 3.8) is 0 Å². The minimum atomic E-state index is -0.598. The Balaban J connectivity index is 1.96. The molecule has 22 heavy (non-hydrogen) atoms. The van der Waals surface area contributed by atoms with Crippen LogP contribution in [0.1, 0.15) is 31.7 Å². The summed E-state index contributed by atoms with van der Waals surface area (Å²) in [5.41, 5.74) is 0.348. The van der Waals surface area contributed by atoms with Crippen molar-refractivity contribution in [1.82, 2.24) is 4.90 Å². The van der Waals surface area contributed by atoms with Crippen LogP contribution in [0.3, 0.4) is 0 Å². The summed E-state index contributed by atoms with van der Waals surface area (Å²) in [6.45, 7) is 3.18. The molecule has 0 unspecified atom stereocenters. The molecule has 0 bridgehead atoms. The van der Waals surface area contributed by atoms with Crippen molar-refractivity contribution >= 4 is 12.1 Å². The summed E-state index contributed by atoms with van der Waals surface area (Å²) >= 11 is 0. The second-order valence-corrected chi connectivity index (χ2v) is 5.69. The van der Waals surface area contributed by atoms with Crippen molar-refractivity contribution in [2.75, 3.05) is 20.2 Å². The lowest BCUT2D eigenvalue weighted by molar-refractivity contribution is -0.156. The molecule has 0 saturated carbocycles. The van der Waals surface area contributed by atoms with E-state index in [2.05, 4.69) is 0 Å². The van der Waals surface area contributed by atoms with E-state index in [1.54, 1.807) is 4.90 Å². The Bertz CT molecular complexity index is 517. The third-order valence-corrected chi connectivity index (χ3v) is 4.34. The molecule has 0 spiro atoms. The number of carbonyl (C=O) groups excluding carboxylic acids is 2. The minimum absolute atomic E-state index is 0.240. The molecule has 0 N–H and O–H groups in total. The molecule has 1 heterocycles. The molecule has 5 nitrogen and oxygen atoms in total. The number of likely N-dealkylation sites (tertiary alicyclic amines) is 1. The van der Waals surface area contributed by atoms with Gasteiger partial charge in [-0.15, -0.1) is 0 Å². The fourth-order valence-corrected chi connectivity index (χ4v) is 2.91. The number of amides is 1. The predicted octanol–water partition coefficient (Wildman–Crippen LogP) is 2.99. The van der Waals surface area contributed by atoms with Crippen molar-refractivity contribution < 1.29 is 19.1 Å². The molecule has 0 aromatic heterocycles. The first kappa shape index (κ1) is 16.3. The molecule has 0 radical (unpaired) electrons. The topological polar surface area (TPSA) is 55.8 Å². The molecule has 1 atom stereocenters. The van der Waals surface area contributed by atoms with E-state index in [1.807, 2.05) is 37.3 Å². The van der Waals surface area contributed by atoms with Gasteiger partial charge in [0.05, 0.1) is 12.5 Å². The molecule has 1 aromatic carbocycles. The van der Waals surface area contributed by atoms with Crippen LogP contribution in [0, 0.1) is 5.41 Å². The lowest BCUT2D eigenvalue weighted by Gasteiger charge is -2.39. The third kappa shape index (κ3) is 3.59. The van der Waals surface area contributed by atoms with E-state index in [0.717, 1.165) is 18.4 Å². The number of nitrogens with zero attached hydrogens (tertiary/aromatic N) is 1. The van der Waals surface area contributed by atoms with Crippen LogP contribution in [0.4, 0.5) is 4.79 Å². The highest BCUT2D eigenvalue weighted by molar-refractivity contribution is 5.78. The lowest BCUT2D eigenvalue weighted by atomic mass is 9.78. The van der Waals surface area contributed by atoms with Crippen LogP contribution in [-0.4, -0.2) is 37.2 Å². The standard InChI is InChI=1S/C17H23NO4/c1-3-17(15(19)21-2)10-7-11-18(13-17)16(20)22-12-14-8-5-4-6-9-14/h4-6,8-9H,3,7,10-13H2,1-2H3/t17-/m0/s1. The van der Waals surface area contributed by atoms with E-state index in [0.29, 0.717) is 19.5 Å². The number of esters is 1. The SMILES string of the molecule is CC[C@]1(C(=O)OC)CCCN(C(=O)OCc2ccccc2)C1. The fraction of sp³-hybridized carbons (Fsp3) is 0.529. The van der Waals surface area contributed by atoms with Gasteiger partial charge in [-0.25, -0.2) is 4.79 Å². The van der Waals surface area contributed by atoms with Gasteiger partial charge in [0.25, 0.3) is 0 Å². The summed E-state index contributed by atoms with van der Waals surface area (Å²) in [5.74, 6) is -0.240. The Morgan fingerprint density at radius 2 is 2.00 bits per heavy atom. The normalized spacial score (nSPS) is 21.3. The third-order valence-electron chi connectivity index (χ3n) is 4.34. The Kier molecular flexibility index (Phi) is 5.41. The van der Waals surface area contributed by atoms with Crippen molar-refractivity contribution in [3.05, 3.63) is 35.9 Å². The van der Waals surface area contributed by atoms with E-state index in [1.165, 1.54) is 7.11 Å². The van der Waals surface area contributed by atoms with Gasteiger partial charge < -0.3 is 14.4 Å². The van der Waals surface area contributed by atoms with Gasteiger partial charge in [-0.3, -0.25) is 4.79 Å². The molecule has 0 aliphatic carbocycles. The zero-order valence-corrected chi connectivity index (χ0v) is 13.2. The summed E-state index contributed by atoms with van der Waals surface area (Å²) in [7, 11) is 1.40. The number of hydrogen-bond acceptors (Lipinski definition) is 4. The van der Waals surface area contributed by atoms with Crippen LogP contribution in [0.2, 0.25) is 0 Å². The monoisotopic (exact) mass is 305 g/mol. The predicted molar refractivity (Wildman–Crippen MR) is 82.2 cm³/mol. The molecule has 5 heteroatoms. The zero-order valence-electron chi connectivity index (χ0n) is 13.2. The highest BCUT2D eigenvalue weighted by atomic mass is 16.6. The van der Waals surface area contributed by atoms with Gasteiger partial charge in [0.15, 0.2) is 0 Å². The molecule has 1 aliphatic heterocycles. The second kappa shape index (κ2) is 7.29. The molecule has 1 fully saturated rings. The molecule has 1 saturated heterocycles. The molecule has 1 amide bonds. The van der Waals surface area contributed by atoms with Crippen LogP contribution in [0.5, 0.6) is 0 Å². The first-order valence-electron chi connectivity index (χ1n) is 7.65. The van der Waals surface area contributed by atoms with Gasteiger partial charge in [-0.1, -0.05) is 37.3 Å². The number of methoxy groups -OCH3 is 1. The average Bonchev–Trinajstić information content (AvgIpc) is 2.59. The Morgan fingerprint density at radius 1 is 1.27 bits per heavy atom. The Hall–Kier alpha value is -2.04. The molecular formula is C17H23NO4. The number of rotatable bonds is 4. The first-order chi connectivity index (χ1) is 10.6. The Morgan fingerprint density at radius 3 is 2.64 bits per heavy atom. The minimum Gasteiger partial charge on any atom is -0.469 e. The smallest absolute Gasteiger partial charge is 0.410 e. The highest BCUT2D eigenvalue weighted by Gasteiger charge is 2.43. The van der Waals surface area contributed by atoms with Crippen LogP contribution in [0.25, 0.3) is 0 Å². The number of carbonyl (C=O) groups is 2. The van der Waals surface area contributed by atoms with Gasteiger partial charge in [-0.2, -0.15) is 0 Å². The summed E-state index contributed by atoms with van der Waals surface area (Å²) in [6.07, 6.45) is 1.81. The molecule has 120 valence electrons. The van der Waals surface area contributed by atoms with Crippen LogP contribution in [0.15, 0.2) is 30.3 Å². The van der Waals surface area contributed by atoms with Gasteiger partial charge in [0, 0.05) is 13.1 Å². The lowest BCUT2D eigenvalue weighted by Crippen LogP contribution is -2.50. The van der Waals surface area contributed by atoms with E-state index in [4.69, 9.17) is 9.47 Å². The second-order valence-electron chi connectivity index (χ2n) is 5.69. The van der Waals surface area contributed by atoms with Gasteiger partial charge >= 0.3 is 12.1 Å². The van der Waals surface area contributed by atoms with Crippen molar-refractivity contribution in [3.8, 4) is 0 Å². The van der Waals surface area contributed by atoms with Gasteiger partial charge in [0.1, 0.15) is 6.61 Å². The van der Waals surface area contributed by atoms with E-state index in [-0.39, 0.29) is 18.7 Å². The summed E-state index contributed by atoms with van der Waals surface area (Å²) in [6, 6.07) is 9.55. The number of ether oxygens (including phenoxy) is 2. The van der Waals surface area contributed by atoms with Gasteiger partial charge in [-0.05, 0) is 24.8 Å². The summed E-state index contributed by atoms with van der Waals surface area (Å²) in [5, 5.41) is 0. The van der Waals surface area contributed by atoms with E-state index >= 15 is 0 Å². The van der Waals surface area contributed by atoms with E-state index in [9.17, 15) is 9.59 Å². The number of piperidine rings is 1. The van der Waals surface area contributed by atoms with Crippen molar-refractivity contribution in [2.45, 2.75) is 32.8 Å². The molecule has 2 rings (SSSR count). The maximum atomic E-state index is 12.2. The van der Waals surface area contributed by atoms with Crippen molar-refractivity contribution in [2.24, 2.45) is 5.41 Å². The maximum absolute atomic E-state index is 12.2. The quantitative estimate of drug-likeness (QED) is 0.802. The van der Waals surface area contributed by atoms with Crippen LogP contribution in [-0.2, 0) is 20.9 Å². The molecule has 1 aromatic rings. The van der Waals surface area contributed by atoms with Crippen LogP contribution >= 0.6 is 0 Å². The first-order valence-corrected chi connectivity index (χ1v) is 7.65. The van der Waals surface area contributed by atoms with Crippen molar-refractivity contribution in [1.29, 1.82) is 0 Å². The average molecular weight is 305 g/mol. The number of benzene rings is 1.